The number of unbranched alkanes of at least 4 members (excludes halogenated alkanes) is 3. The van der Waals surface area contributed by atoms with Crippen LogP contribution in [0.25, 0.3) is 0 Å². The van der Waals surface area contributed by atoms with Crippen LogP contribution in [0.4, 0.5) is 5.69 Å². The molecule has 1 aromatic rings. The molecule has 1 heterocycles. The zero-order valence-electron chi connectivity index (χ0n) is 10.8. The Kier molecular flexibility index (Phi) is 5.55. The zero-order chi connectivity index (χ0) is 13.7. The van der Waals surface area contributed by atoms with Crippen molar-refractivity contribution in [1.82, 2.24) is 0 Å². The molecule has 0 bridgehead atoms. The number of nitrogens with zero attached hydrogens (tertiary/aromatic N) is 1. The van der Waals surface area contributed by atoms with Gasteiger partial charge >= 0.3 is 0 Å². The second kappa shape index (κ2) is 7.17. The topological polar surface area (TPSA) is 40.5 Å². The van der Waals surface area contributed by atoms with Gasteiger partial charge in [0.25, 0.3) is 0 Å². The summed E-state index contributed by atoms with van der Waals surface area (Å²) in [5.74, 6) is 0.659. The van der Waals surface area contributed by atoms with E-state index in [0.29, 0.717) is 10.8 Å². The Morgan fingerprint density at radius 2 is 2.05 bits per heavy atom. The van der Waals surface area contributed by atoms with Crippen LogP contribution >= 0.6 is 23.4 Å². The van der Waals surface area contributed by atoms with E-state index in [1.165, 1.54) is 0 Å². The van der Waals surface area contributed by atoms with Crippen LogP contribution in [0.5, 0.6) is 0 Å². The molecular formula is C14H18ClNO2S. The molecule has 5 heteroatoms. The summed E-state index contributed by atoms with van der Waals surface area (Å²) in [6.45, 7) is 1.00. The Hall–Kier alpha value is -0.710. The molecule has 1 N–H and O–H groups in total. The summed E-state index contributed by atoms with van der Waals surface area (Å²) in [7, 11) is 0. The number of rotatable bonds is 6. The summed E-state index contributed by atoms with van der Waals surface area (Å²) in [6.07, 6.45) is 3.87. The van der Waals surface area contributed by atoms with Crippen molar-refractivity contribution >= 4 is 35.0 Å². The van der Waals surface area contributed by atoms with Gasteiger partial charge in [-0.3, -0.25) is 4.79 Å². The number of carbonyl (C=O) groups is 1. The lowest BCUT2D eigenvalue weighted by molar-refractivity contribution is -0.116. The van der Waals surface area contributed by atoms with Gasteiger partial charge in [-0.1, -0.05) is 24.4 Å². The molecule has 2 rings (SSSR count). The molecule has 0 saturated heterocycles. The standard InChI is InChI=1S/C14H18ClNO2S/c15-11-5-6-12-13(9-11)19-10-14(18)16(12)7-3-1-2-4-8-17/h5-6,9,17H,1-4,7-8,10H2. The van der Waals surface area contributed by atoms with Crippen LogP contribution in [0, 0.1) is 0 Å². The Labute approximate surface area is 122 Å². The third-order valence-electron chi connectivity index (χ3n) is 3.15. The van der Waals surface area contributed by atoms with E-state index in [-0.39, 0.29) is 12.5 Å². The van der Waals surface area contributed by atoms with Crippen LogP contribution in [0.1, 0.15) is 25.7 Å². The number of hydrogen-bond acceptors (Lipinski definition) is 3. The van der Waals surface area contributed by atoms with Crippen molar-refractivity contribution < 1.29 is 9.90 Å². The molecule has 0 fully saturated rings. The van der Waals surface area contributed by atoms with Crippen molar-refractivity contribution in [3.8, 4) is 0 Å². The predicted octanol–water partition coefficient (Wildman–Crippen LogP) is 3.33. The van der Waals surface area contributed by atoms with E-state index >= 15 is 0 Å². The summed E-state index contributed by atoms with van der Waals surface area (Å²) in [4.78, 5) is 14.9. The molecule has 1 amide bonds. The molecule has 19 heavy (non-hydrogen) atoms. The number of halogens is 1. The Balaban J connectivity index is 1.98. The van der Waals surface area contributed by atoms with Crippen LogP contribution in [0.3, 0.4) is 0 Å². The first-order valence-corrected chi connectivity index (χ1v) is 7.92. The van der Waals surface area contributed by atoms with Gasteiger partial charge in [-0.05, 0) is 31.0 Å². The van der Waals surface area contributed by atoms with E-state index in [2.05, 4.69) is 0 Å². The molecule has 1 aliphatic heterocycles. The van der Waals surface area contributed by atoms with E-state index in [9.17, 15) is 4.79 Å². The summed E-state index contributed by atoms with van der Waals surface area (Å²) in [6, 6.07) is 5.68. The SMILES string of the molecule is O=C1CSc2cc(Cl)ccc2N1CCCCCCO. The number of carbonyl (C=O) groups excluding carboxylic acids is 1. The van der Waals surface area contributed by atoms with Crippen LogP contribution < -0.4 is 4.90 Å². The number of aliphatic hydroxyl groups excluding tert-OH is 1. The Morgan fingerprint density at radius 3 is 2.84 bits per heavy atom. The van der Waals surface area contributed by atoms with Gasteiger partial charge in [-0.25, -0.2) is 0 Å². The number of benzene rings is 1. The second-order valence-corrected chi connectivity index (χ2v) is 6.04. The lowest BCUT2D eigenvalue weighted by atomic mass is 10.2. The predicted molar refractivity (Wildman–Crippen MR) is 80.1 cm³/mol. The smallest absolute Gasteiger partial charge is 0.237 e. The van der Waals surface area contributed by atoms with Crippen molar-refractivity contribution in [1.29, 1.82) is 0 Å². The fraction of sp³-hybridized carbons (Fsp3) is 0.500. The lowest BCUT2D eigenvalue weighted by Gasteiger charge is -2.29. The van der Waals surface area contributed by atoms with Crippen molar-refractivity contribution in [3.63, 3.8) is 0 Å². The zero-order valence-corrected chi connectivity index (χ0v) is 12.3. The number of amides is 1. The van der Waals surface area contributed by atoms with E-state index in [1.54, 1.807) is 11.8 Å². The molecule has 0 spiro atoms. The number of fused-ring (bicyclic) bond motifs is 1. The molecule has 0 unspecified atom stereocenters. The van der Waals surface area contributed by atoms with E-state index in [1.807, 2.05) is 23.1 Å². The van der Waals surface area contributed by atoms with Gasteiger partial charge in [0.15, 0.2) is 0 Å². The van der Waals surface area contributed by atoms with Crippen molar-refractivity contribution in [2.24, 2.45) is 0 Å². The molecule has 1 aromatic carbocycles. The number of aliphatic hydroxyl groups is 1. The Bertz CT molecular complexity index is 453. The van der Waals surface area contributed by atoms with Crippen LogP contribution in [-0.2, 0) is 4.79 Å². The minimum absolute atomic E-state index is 0.169. The Morgan fingerprint density at radius 1 is 1.26 bits per heavy atom. The van der Waals surface area contributed by atoms with Crippen LogP contribution in [0.15, 0.2) is 23.1 Å². The van der Waals surface area contributed by atoms with Gasteiger partial charge in [0.2, 0.25) is 5.91 Å². The summed E-state index contributed by atoms with van der Waals surface area (Å²) >= 11 is 7.54. The van der Waals surface area contributed by atoms with Gasteiger partial charge in [0, 0.05) is 23.1 Å². The van der Waals surface area contributed by atoms with E-state index in [0.717, 1.165) is 42.8 Å². The van der Waals surface area contributed by atoms with Gasteiger partial charge in [-0.15, -0.1) is 11.8 Å². The third kappa shape index (κ3) is 3.88. The highest BCUT2D eigenvalue weighted by Gasteiger charge is 2.24. The van der Waals surface area contributed by atoms with Gasteiger partial charge < -0.3 is 10.0 Å². The van der Waals surface area contributed by atoms with Gasteiger partial charge in [-0.2, -0.15) is 0 Å². The van der Waals surface area contributed by atoms with Crippen molar-refractivity contribution in [3.05, 3.63) is 23.2 Å². The van der Waals surface area contributed by atoms with Crippen molar-refractivity contribution in [2.75, 3.05) is 23.8 Å². The van der Waals surface area contributed by atoms with Crippen LogP contribution in [-0.4, -0.2) is 29.9 Å². The molecule has 0 aliphatic carbocycles. The van der Waals surface area contributed by atoms with Crippen LogP contribution in [0.2, 0.25) is 5.02 Å². The summed E-state index contributed by atoms with van der Waals surface area (Å²) in [5.41, 5.74) is 0.979. The maximum absolute atomic E-state index is 12.0. The first-order chi connectivity index (χ1) is 9.22. The summed E-state index contributed by atoms with van der Waals surface area (Å²) in [5, 5.41) is 9.44. The molecule has 0 saturated carbocycles. The average molecular weight is 300 g/mol. The van der Waals surface area contributed by atoms with E-state index < -0.39 is 0 Å². The van der Waals surface area contributed by atoms with Gasteiger partial charge in [0.1, 0.15) is 0 Å². The quantitative estimate of drug-likeness (QED) is 0.819. The monoisotopic (exact) mass is 299 g/mol. The summed E-state index contributed by atoms with van der Waals surface area (Å²) < 4.78 is 0. The van der Waals surface area contributed by atoms with Crippen molar-refractivity contribution in [2.45, 2.75) is 30.6 Å². The minimum Gasteiger partial charge on any atom is -0.396 e. The fourth-order valence-corrected chi connectivity index (χ4v) is 3.37. The normalized spacial score (nSPS) is 14.6. The molecule has 1 aliphatic rings. The highest BCUT2D eigenvalue weighted by Crippen LogP contribution is 2.37. The fourth-order valence-electron chi connectivity index (χ4n) is 2.16. The third-order valence-corrected chi connectivity index (χ3v) is 4.42. The minimum atomic E-state index is 0.169. The van der Waals surface area contributed by atoms with E-state index in [4.69, 9.17) is 16.7 Å². The molecule has 0 atom stereocenters. The lowest BCUT2D eigenvalue weighted by Crippen LogP contribution is -2.36. The number of thioether (sulfide) groups is 1. The maximum atomic E-state index is 12.0. The average Bonchev–Trinajstić information content (AvgIpc) is 2.41. The number of anilines is 1. The highest BCUT2D eigenvalue weighted by atomic mass is 35.5. The first kappa shape index (κ1) is 14.7. The highest BCUT2D eigenvalue weighted by molar-refractivity contribution is 8.00. The molecule has 104 valence electrons. The molecule has 3 nitrogen and oxygen atoms in total. The largest absolute Gasteiger partial charge is 0.396 e. The molecule has 0 radical (unpaired) electrons. The molecular weight excluding hydrogens is 282 g/mol. The molecule has 0 aromatic heterocycles. The van der Waals surface area contributed by atoms with Gasteiger partial charge in [0.05, 0.1) is 11.4 Å². The second-order valence-electron chi connectivity index (χ2n) is 4.58. The maximum Gasteiger partial charge on any atom is 0.237 e. The first-order valence-electron chi connectivity index (χ1n) is 6.56. The number of hydrogen-bond donors (Lipinski definition) is 1.